The van der Waals surface area contributed by atoms with Crippen molar-refractivity contribution in [3.8, 4) is 0 Å². The quantitative estimate of drug-likeness (QED) is 0.825. The number of aromatic nitrogens is 2. The van der Waals surface area contributed by atoms with Crippen LogP contribution >= 0.6 is 11.6 Å². The summed E-state index contributed by atoms with van der Waals surface area (Å²) in [7, 11) is 0. The van der Waals surface area contributed by atoms with E-state index in [0.29, 0.717) is 10.9 Å². The van der Waals surface area contributed by atoms with E-state index in [9.17, 15) is 0 Å². The van der Waals surface area contributed by atoms with Crippen molar-refractivity contribution in [2.45, 2.75) is 31.6 Å². The van der Waals surface area contributed by atoms with Gasteiger partial charge in [-0.15, -0.1) is 0 Å². The largest absolute Gasteiger partial charge is 0.383 e. The summed E-state index contributed by atoms with van der Waals surface area (Å²) in [4.78, 5) is 4.61. The second kappa shape index (κ2) is 3.67. The highest BCUT2D eigenvalue weighted by Crippen LogP contribution is 2.36. The van der Waals surface area contributed by atoms with Crippen molar-refractivity contribution in [3.63, 3.8) is 0 Å². The Morgan fingerprint density at radius 2 is 2.06 bits per heavy atom. The van der Waals surface area contributed by atoms with Crippen LogP contribution in [-0.4, -0.2) is 9.38 Å². The molecule has 0 unspecified atom stereocenters. The zero-order chi connectivity index (χ0) is 11.1. The number of fused-ring (bicyclic) bond motifs is 1. The molecule has 1 aliphatic rings. The minimum atomic E-state index is 0.540. The highest BCUT2D eigenvalue weighted by molar-refractivity contribution is 6.30. The standard InChI is InChI=1S/C12H14ClN3/c13-9-5-6-10-15-11(8-3-1-2-4-8)12(14)16(10)7-9/h5-8H,1-4,14H2. The summed E-state index contributed by atoms with van der Waals surface area (Å²) in [5.74, 6) is 1.29. The molecular weight excluding hydrogens is 222 g/mol. The van der Waals surface area contributed by atoms with E-state index in [0.717, 1.165) is 17.2 Å². The van der Waals surface area contributed by atoms with E-state index < -0.39 is 0 Å². The average molecular weight is 236 g/mol. The average Bonchev–Trinajstić information content (AvgIpc) is 2.87. The van der Waals surface area contributed by atoms with Gasteiger partial charge in [0, 0.05) is 12.1 Å². The fraction of sp³-hybridized carbons (Fsp3) is 0.417. The lowest BCUT2D eigenvalue weighted by atomic mass is 10.0. The van der Waals surface area contributed by atoms with Crippen LogP contribution in [0.25, 0.3) is 5.65 Å². The summed E-state index contributed by atoms with van der Waals surface area (Å²) in [6.45, 7) is 0. The molecule has 0 amide bonds. The number of halogens is 1. The first kappa shape index (κ1) is 9.97. The van der Waals surface area contributed by atoms with Crippen molar-refractivity contribution >= 4 is 23.1 Å². The molecule has 2 N–H and O–H groups in total. The van der Waals surface area contributed by atoms with Gasteiger partial charge in [0.2, 0.25) is 0 Å². The van der Waals surface area contributed by atoms with Crippen molar-refractivity contribution in [1.29, 1.82) is 0 Å². The zero-order valence-electron chi connectivity index (χ0n) is 8.99. The molecule has 0 aliphatic heterocycles. The Bertz CT molecular complexity index is 526. The molecule has 2 aromatic rings. The van der Waals surface area contributed by atoms with Gasteiger partial charge >= 0.3 is 0 Å². The first-order valence-corrected chi connectivity index (χ1v) is 6.06. The summed E-state index contributed by atoms with van der Waals surface area (Å²) in [6.07, 6.45) is 6.83. The SMILES string of the molecule is Nc1c(C2CCCC2)nc2ccc(Cl)cn12. The van der Waals surface area contributed by atoms with Gasteiger partial charge in [0.05, 0.1) is 10.7 Å². The second-order valence-corrected chi connectivity index (χ2v) is 4.88. The molecule has 3 rings (SSSR count). The Labute approximate surface area is 99.2 Å². The molecule has 2 heterocycles. The minimum Gasteiger partial charge on any atom is -0.383 e. The van der Waals surface area contributed by atoms with Crippen molar-refractivity contribution in [3.05, 3.63) is 29.0 Å². The molecule has 0 spiro atoms. The molecule has 0 saturated heterocycles. The van der Waals surface area contributed by atoms with Gasteiger partial charge in [0.25, 0.3) is 0 Å². The Morgan fingerprint density at radius 3 is 2.81 bits per heavy atom. The molecule has 1 fully saturated rings. The van der Waals surface area contributed by atoms with Crippen molar-refractivity contribution in [2.24, 2.45) is 0 Å². The summed E-state index contributed by atoms with van der Waals surface area (Å²) in [5, 5.41) is 0.689. The molecular formula is C12H14ClN3. The predicted octanol–water partition coefficient (Wildman–Crippen LogP) is 3.23. The van der Waals surface area contributed by atoms with Gasteiger partial charge in [-0.2, -0.15) is 0 Å². The maximum Gasteiger partial charge on any atom is 0.138 e. The van der Waals surface area contributed by atoms with Crippen molar-refractivity contribution in [2.75, 3.05) is 5.73 Å². The van der Waals surface area contributed by atoms with Gasteiger partial charge in [-0.25, -0.2) is 4.98 Å². The summed E-state index contributed by atoms with van der Waals surface area (Å²) < 4.78 is 1.88. The number of hydrogen-bond donors (Lipinski definition) is 1. The number of pyridine rings is 1. The number of nitrogen functional groups attached to an aromatic ring is 1. The Morgan fingerprint density at radius 1 is 1.31 bits per heavy atom. The predicted molar refractivity (Wildman–Crippen MR) is 65.8 cm³/mol. The lowest BCUT2D eigenvalue weighted by molar-refractivity contribution is 0.706. The molecule has 0 aromatic carbocycles. The van der Waals surface area contributed by atoms with Crippen LogP contribution in [0.2, 0.25) is 5.02 Å². The van der Waals surface area contributed by atoms with Gasteiger partial charge in [-0.3, -0.25) is 4.40 Å². The van der Waals surface area contributed by atoms with Crippen LogP contribution in [0.4, 0.5) is 5.82 Å². The van der Waals surface area contributed by atoms with Crippen LogP contribution in [0.1, 0.15) is 37.3 Å². The summed E-state index contributed by atoms with van der Waals surface area (Å²) >= 11 is 5.96. The lowest BCUT2D eigenvalue weighted by Gasteiger charge is -2.05. The highest BCUT2D eigenvalue weighted by Gasteiger charge is 2.23. The van der Waals surface area contributed by atoms with E-state index in [4.69, 9.17) is 17.3 Å². The molecule has 1 saturated carbocycles. The zero-order valence-corrected chi connectivity index (χ0v) is 9.74. The van der Waals surface area contributed by atoms with Gasteiger partial charge < -0.3 is 5.73 Å². The first-order chi connectivity index (χ1) is 7.75. The second-order valence-electron chi connectivity index (χ2n) is 4.44. The number of imidazole rings is 1. The Balaban J connectivity index is 2.15. The normalized spacial score (nSPS) is 17.3. The van der Waals surface area contributed by atoms with Crippen LogP contribution in [0.15, 0.2) is 18.3 Å². The molecule has 1 aliphatic carbocycles. The topological polar surface area (TPSA) is 43.3 Å². The van der Waals surface area contributed by atoms with E-state index in [1.165, 1.54) is 25.7 Å². The Kier molecular flexibility index (Phi) is 2.28. The monoisotopic (exact) mass is 235 g/mol. The third-order valence-corrected chi connectivity index (χ3v) is 3.61. The van der Waals surface area contributed by atoms with Crippen molar-refractivity contribution < 1.29 is 0 Å². The molecule has 0 atom stereocenters. The van der Waals surface area contributed by atoms with E-state index >= 15 is 0 Å². The molecule has 84 valence electrons. The van der Waals surface area contributed by atoms with E-state index in [-0.39, 0.29) is 0 Å². The van der Waals surface area contributed by atoms with E-state index in [1.807, 2.05) is 22.7 Å². The fourth-order valence-corrected chi connectivity index (χ4v) is 2.72. The summed E-state index contributed by atoms with van der Waals surface area (Å²) in [5.41, 5.74) is 8.08. The number of hydrogen-bond acceptors (Lipinski definition) is 2. The lowest BCUT2D eigenvalue weighted by Crippen LogP contribution is -1.99. The fourth-order valence-electron chi connectivity index (χ4n) is 2.55. The number of nitrogens with two attached hydrogens (primary N) is 1. The third-order valence-electron chi connectivity index (χ3n) is 3.39. The van der Waals surface area contributed by atoms with Gasteiger partial charge in [-0.05, 0) is 25.0 Å². The van der Waals surface area contributed by atoms with Crippen LogP contribution in [0, 0.1) is 0 Å². The maximum atomic E-state index is 6.13. The molecule has 16 heavy (non-hydrogen) atoms. The highest BCUT2D eigenvalue weighted by atomic mass is 35.5. The molecule has 2 aromatic heterocycles. The van der Waals surface area contributed by atoms with Crippen LogP contribution in [0.3, 0.4) is 0 Å². The maximum absolute atomic E-state index is 6.13. The smallest absolute Gasteiger partial charge is 0.138 e. The van der Waals surface area contributed by atoms with Gasteiger partial charge in [-0.1, -0.05) is 24.4 Å². The number of anilines is 1. The molecule has 4 heteroatoms. The van der Waals surface area contributed by atoms with Crippen LogP contribution in [-0.2, 0) is 0 Å². The van der Waals surface area contributed by atoms with Crippen LogP contribution < -0.4 is 5.73 Å². The van der Waals surface area contributed by atoms with E-state index in [2.05, 4.69) is 4.98 Å². The number of nitrogens with zero attached hydrogens (tertiary/aromatic N) is 2. The Hall–Kier alpha value is -1.22. The minimum absolute atomic E-state index is 0.540. The first-order valence-electron chi connectivity index (χ1n) is 5.68. The molecule has 3 nitrogen and oxygen atoms in total. The number of rotatable bonds is 1. The third kappa shape index (κ3) is 1.47. The molecule has 0 radical (unpaired) electrons. The van der Waals surface area contributed by atoms with Crippen molar-refractivity contribution in [1.82, 2.24) is 9.38 Å². The molecule has 0 bridgehead atoms. The van der Waals surface area contributed by atoms with Gasteiger partial charge in [0.1, 0.15) is 11.5 Å². The van der Waals surface area contributed by atoms with E-state index in [1.54, 1.807) is 0 Å². The van der Waals surface area contributed by atoms with Gasteiger partial charge in [0.15, 0.2) is 0 Å². The van der Waals surface area contributed by atoms with Crippen LogP contribution in [0.5, 0.6) is 0 Å². The summed E-state index contributed by atoms with van der Waals surface area (Å²) in [6, 6.07) is 3.76.